The van der Waals surface area contributed by atoms with Gasteiger partial charge < -0.3 is 10.2 Å². The normalized spacial score (nSPS) is 20.7. The van der Waals surface area contributed by atoms with Crippen molar-refractivity contribution in [2.45, 2.75) is 19.4 Å². The molecule has 2 atom stereocenters. The predicted octanol–water partition coefficient (Wildman–Crippen LogP) is 2.47. The average Bonchev–Trinajstić information content (AvgIpc) is 2.90. The fourth-order valence-electron chi connectivity index (χ4n) is 2.37. The molecule has 1 aromatic carbocycles. The van der Waals surface area contributed by atoms with E-state index in [0.717, 1.165) is 25.1 Å². The van der Waals surface area contributed by atoms with Crippen molar-refractivity contribution in [3.8, 4) is 0 Å². The molecule has 4 heteroatoms. The molecule has 1 aliphatic heterocycles. The SMILES string of the molecule is CC(c1ccccc1Cl)N(C)C(=O)C1CCNC1. The number of amides is 1. The highest BCUT2D eigenvalue weighted by Gasteiger charge is 2.28. The summed E-state index contributed by atoms with van der Waals surface area (Å²) in [7, 11) is 1.86. The summed E-state index contributed by atoms with van der Waals surface area (Å²) in [6.07, 6.45) is 0.929. The Hall–Kier alpha value is -1.06. The Morgan fingerprint density at radius 1 is 1.50 bits per heavy atom. The maximum absolute atomic E-state index is 12.3. The van der Waals surface area contributed by atoms with Gasteiger partial charge in [0.05, 0.1) is 12.0 Å². The van der Waals surface area contributed by atoms with E-state index >= 15 is 0 Å². The fourth-order valence-corrected chi connectivity index (χ4v) is 2.66. The molecule has 0 saturated carbocycles. The van der Waals surface area contributed by atoms with E-state index in [1.54, 1.807) is 4.90 Å². The summed E-state index contributed by atoms with van der Waals surface area (Å²) >= 11 is 6.18. The third-order valence-corrected chi connectivity index (χ3v) is 4.04. The second kappa shape index (κ2) is 5.72. The van der Waals surface area contributed by atoms with Crippen LogP contribution >= 0.6 is 11.6 Å². The zero-order valence-corrected chi connectivity index (χ0v) is 11.6. The van der Waals surface area contributed by atoms with Gasteiger partial charge in [-0.25, -0.2) is 0 Å². The second-order valence-corrected chi connectivity index (χ2v) is 5.24. The van der Waals surface area contributed by atoms with Crippen molar-refractivity contribution in [1.82, 2.24) is 10.2 Å². The molecule has 18 heavy (non-hydrogen) atoms. The lowest BCUT2D eigenvalue weighted by Gasteiger charge is -2.28. The predicted molar refractivity (Wildman–Crippen MR) is 73.6 cm³/mol. The van der Waals surface area contributed by atoms with E-state index in [9.17, 15) is 4.79 Å². The standard InChI is InChI=1S/C14H19ClN2O/c1-10(12-5-3-4-6-13(12)15)17(2)14(18)11-7-8-16-9-11/h3-6,10-11,16H,7-9H2,1-2H3. The van der Waals surface area contributed by atoms with Gasteiger partial charge in [0, 0.05) is 18.6 Å². The summed E-state index contributed by atoms with van der Waals surface area (Å²) < 4.78 is 0. The molecule has 1 N–H and O–H groups in total. The Balaban J connectivity index is 2.10. The molecule has 0 bridgehead atoms. The molecule has 1 amide bonds. The molecule has 1 fully saturated rings. The molecule has 2 rings (SSSR count). The lowest BCUT2D eigenvalue weighted by Crippen LogP contribution is -2.35. The van der Waals surface area contributed by atoms with Crippen molar-refractivity contribution in [3.05, 3.63) is 34.9 Å². The zero-order chi connectivity index (χ0) is 13.1. The van der Waals surface area contributed by atoms with Crippen LogP contribution in [0.5, 0.6) is 0 Å². The van der Waals surface area contributed by atoms with Crippen molar-refractivity contribution in [3.63, 3.8) is 0 Å². The van der Waals surface area contributed by atoms with Crippen LogP contribution in [0.2, 0.25) is 5.02 Å². The Morgan fingerprint density at radius 2 is 2.22 bits per heavy atom. The Kier molecular flexibility index (Phi) is 4.25. The van der Waals surface area contributed by atoms with E-state index < -0.39 is 0 Å². The van der Waals surface area contributed by atoms with Crippen LogP contribution < -0.4 is 5.32 Å². The number of nitrogens with zero attached hydrogens (tertiary/aromatic N) is 1. The number of halogens is 1. The molecule has 1 aromatic rings. The van der Waals surface area contributed by atoms with Crippen molar-refractivity contribution < 1.29 is 4.79 Å². The minimum atomic E-state index is 0.00630. The monoisotopic (exact) mass is 266 g/mol. The van der Waals surface area contributed by atoms with E-state index in [2.05, 4.69) is 5.32 Å². The number of carbonyl (C=O) groups is 1. The first kappa shape index (κ1) is 13.4. The molecule has 0 aliphatic carbocycles. The lowest BCUT2D eigenvalue weighted by molar-refractivity contribution is -0.135. The number of rotatable bonds is 3. The molecule has 2 unspecified atom stereocenters. The quantitative estimate of drug-likeness (QED) is 0.912. The molecular formula is C14H19ClN2O. The van der Waals surface area contributed by atoms with E-state index in [1.807, 2.05) is 38.2 Å². The fraction of sp³-hybridized carbons (Fsp3) is 0.500. The van der Waals surface area contributed by atoms with Gasteiger partial charge in [0.2, 0.25) is 5.91 Å². The van der Waals surface area contributed by atoms with E-state index in [-0.39, 0.29) is 17.9 Å². The van der Waals surface area contributed by atoms with Gasteiger partial charge in [-0.1, -0.05) is 29.8 Å². The number of benzene rings is 1. The molecule has 3 nitrogen and oxygen atoms in total. The number of nitrogens with one attached hydrogen (secondary N) is 1. The van der Waals surface area contributed by atoms with Gasteiger partial charge >= 0.3 is 0 Å². The molecule has 0 spiro atoms. The van der Waals surface area contributed by atoms with Crippen molar-refractivity contribution >= 4 is 17.5 Å². The average molecular weight is 267 g/mol. The van der Waals surface area contributed by atoms with Gasteiger partial charge in [-0.15, -0.1) is 0 Å². The summed E-state index contributed by atoms with van der Waals surface area (Å²) in [5.74, 6) is 0.312. The summed E-state index contributed by atoms with van der Waals surface area (Å²) in [6.45, 7) is 3.74. The highest BCUT2D eigenvalue weighted by Crippen LogP contribution is 2.27. The maximum Gasteiger partial charge on any atom is 0.227 e. The first-order chi connectivity index (χ1) is 8.61. The lowest BCUT2D eigenvalue weighted by atomic mass is 10.0. The van der Waals surface area contributed by atoms with Crippen molar-refractivity contribution in [2.24, 2.45) is 5.92 Å². The summed E-state index contributed by atoms with van der Waals surface area (Å²) in [4.78, 5) is 14.1. The van der Waals surface area contributed by atoms with Crippen LogP contribution in [-0.2, 0) is 4.79 Å². The molecule has 0 aromatic heterocycles. The molecule has 1 saturated heterocycles. The van der Waals surface area contributed by atoms with Gasteiger partial charge in [0.1, 0.15) is 0 Å². The zero-order valence-electron chi connectivity index (χ0n) is 10.8. The van der Waals surface area contributed by atoms with Crippen molar-refractivity contribution in [1.29, 1.82) is 0 Å². The third kappa shape index (κ3) is 2.68. The molecular weight excluding hydrogens is 248 g/mol. The highest BCUT2D eigenvalue weighted by atomic mass is 35.5. The summed E-state index contributed by atoms with van der Waals surface area (Å²) in [6, 6.07) is 7.70. The number of hydrogen-bond donors (Lipinski definition) is 1. The number of hydrogen-bond acceptors (Lipinski definition) is 2. The van der Waals surface area contributed by atoms with Gasteiger partial charge in [0.15, 0.2) is 0 Å². The van der Waals surface area contributed by atoms with Crippen LogP contribution in [0.3, 0.4) is 0 Å². The smallest absolute Gasteiger partial charge is 0.227 e. The molecule has 98 valence electrons. The van der Waals surface area contributed by atoms with Crippen LogP contribution in [0.25, 0.3) is 0 Å². The molecule has 0 radical (unpaired) electrons. The third-order valence-electron chi connectivity index (χ3n) is 3.69. The maximum atomic E-state index is 12.3. The minimum Gasteiger partial charge on any atom is -0.339 e. The second-order valence-electron chi connectivity index (χ2n) is 4.84. The number of carbonyl (C=O) groups excluding carboxylic acids is 1. The Labute approximate surface area is 113 Å². The minimum absolute atomic E-state index is 0.00630. The van der Waals surface area contributed by atoms with Gasteiger partial charge in [-0.2, -0.15) is 0 Å². The Morgan fingerprint density at radius 3 is 2.83 bits per heavy atom. The topological polar surface area (TPSA) is 32.3 Å². The Bertz CT molecular complexity index is 430. The van der Waals surface area contributed by atoms with Crippen molar-refractivity contribution in [2.75, 3.05) is 20.1 Å². The van der Waals surface area contributed by atoms with Crippen LogP contribution in [0.4, 0.5) is 0 Å². The molecule has 1 heterocycles. The van der Waals surface area contributed by atoms with E-state index in [0.29, 0.717) is 5.02 Å². The molecule has 1 aliphatic rings. The first-order valence-electron chi connectivity index (χ1n) is 6.33. The van der Waals surface area contributed by atoms with Crippen LogP contribution in [0.15, 0.2) is 24.3 Å². The summed E-state index contributed by atoms with van der Waals surface area (Å²) in [5, 5.41) is 3.94. The van der Waals surface area contributed by atoms with E-state index in [1.165, 1.54) is 0 Å². The van der Waals surface area contributed by atoms with Gasteiger partial charge in [0.25, 0.3) is 0 Å². The van der Waals surface area contributed by atoms with Gasteiger partial charge in [-0.05, 0) is 31.5 Å². The van der Waals surface area contributed by atoms with E-state index in [4.69, 9.17) is 11.6 Å². The largest absolute Gasteiger partial charge is 0.339 e. The van der Waals surface area contributed by atoms with Crippen LogP contribution in [-0.4, -0.2) is 30.9 Å². The van der Waals surface area contributed by atoms with Gasteiger partial charge in [-0.3, -0.25) is 4.79 Å². The highest BCUT2D eigenvalue weighted by molar-refractivity contribution is 6.31. The van der Waals surface area contributed by atoms with Crippen LogP contribution in [0, 0.1) is 5.92 Å². The first-order valence-corrected chi connectivity index (χ1v) is 6.71. The van der Waals surface area contributed by atoms with Crippen LogP contribution in [0.1, 0.15) is 24.9 Å². The summed E-state index contributed by atoms with van der Waals surface area (Å²) in [5.41, 5.74) is 1.00.